The van der Waals surface area contributed by atoms with Gasteiger partial charge in [0.05, 0.1) is 12.6 Å². The van der Waals surface area contributed by atoms with E-state index in [9.17, 15) is 4.79 Å². The van der Waals surface area contributed by atoms with Crippen molar-refractivity contribution in [1.29, 1.82) is 0 Å². The van der Waals surface area contributed by atoms with Gasteiger partial charge in [-0.05, 0) is 19.8 Å². The summed E-state index contributed by atoms with van der Waals surface area (Å²) in [6, 6.07) is 0.262. The second kappa shape index (κ2) is 6.04. The normalized spacial score (nSPS) is 30.8. The number of nitrogens with two attached hydrogens (primary N) is 1. The minimum atomic E-state index is -0.101. The molecule has 1 heterocycles. The Kier molecular flexibility index (Phi) is 4.39. The van der Waals surface area contributed by atoms with Crippen molar-refractivity contribution in [2.24, 2.45) is 22.1 Å². The summed E-state index contributed by atoms with van der Waals surface area (Å²) < 4.78 is 5.23. The fraction of sp³-hybridized carbons (Fsp3) is 0.615. The van der Waals surface area contributed by atoms with Gasteiger partial charge in [0.15, 0.2) is 0 Å². The summed E-state index contributed by atoms with van der Waals surface area (Å²) in [6.07, 6.45) is 3.56. The first-order valence-corrected chi connectivity index (χ1v) is 6.62. The van der Waals surface area contributed by atoms with Gasteiger partial charge in [-0.15, -0.1) is 0 Å². The number of nitrogens with zero attached hydrogens (tertiary/aromatic N) is 3. The molecule has 0 radical (unpaired) electrons. The zero-order valence-electron chi connectivity index (χ0n) is 11.9. The van der Waals surface area contributed by atoms with Crippen LogP contribution in [0.25, 0.3) is 0 Å². The maximum absolute atomic E-state index is 11.6. The van der Waals surface area contributed by atoms with Gasteiger partial charge >= 0.3 is 0 Å². The van der Waals surface area contributed by atoms with Gasteiger partial charge in [-0.25, -0.2) is 0 Å². The maximum atomic E-state index is 11.6. The monoisotopic (exact) mass is 279 g/mol. The summed E-state index contributed by atoms with van der Waals surface area (Å²) in [7, 11) is 1.67. The lowest BCUT2D eigenvalue weighted by Crippen LogP contribution is -2.41. The molecule has 1 aliphatic heterocycles. The van der Waals surface area contributed by atoms with Crippen LogP contribution in [0.2, 0.25) is 0 Å². The van der Waals surface area contributed by atoms with Gasteiger partial charge in [0, 0.05) is 30.8 Å². The molecule has 0 aromatic carbocycles. The molecule has 0 aromatic heterocycles. The molecule has 1 saturated carbocycles. The van der Waals surface area contributed by atoms with Gasteiger partial charge in [0.2, 0.25) is 0 Å². The van der Waals surface area contributed by atoms with Crippen LogP contribution in [0.15, 0.2) is 34.5 Å². The molecular formula is C13H21N5O2. The summed E-state index contributed by atoms with van der Waals surface area (Å²) in [5.74, 6) is 5.95. The molecule has 1 unspecified atom stereocenters. The minimum Gasteiger partial charge on any atom is -0.384 e. The molecule has 0 spiro atoms. The largest absolute Gasteiger partial charge is 0.384 e. The smallest absolute Gasteiger partial charge is 0.253 e. The Hall–Kier alpha value is -1.89. The lowest BCUT2D eigenvalue weighted by molar-refractivity contribution is -0.117. The van der Waals surface area contributed by atoms with Crippen LogP contribution >= 0.6 is 0 Å². The van der Waals surface area contributed by atoms with E-state index in [1.807, 2.05) is 11.1 Å². The summed E-state index contributed by atoms with van der Waals surface area (Å²) in [4.78, 5) is 13.6. The standard InChI is InChI=1S/C13H21N5O2/c1-8-6-18(9(2)15-13(8)19)11-4-10(7-20-3)12(5-11)16-17-14/h6,10-12H,2,4-5,7H2,1,3H3,(H2,14,16)(H,15,19)/t10-,11-,12?/m1/s1. The quantitative estimate of drug-likeness (QED) is 0.454. The van der Waals surface area contributed by atoms with Gasteiger partial charge < -0.3 is 20.8 Å². The molecule has 3 N–H and O–H groups in total. The van der Waals surface area contributed by atoms with Crippen molar-refractivity contribution in [1.82, 2.24) is 10.2 Å². The van der Waals surface area contributed by atoms with Crippen molar-refractivity contribution in [3.63, 3.8) is 0 Å². The maximum Gasteiger partial charge on any atom is 0.253 e. The number of nitrogens with one attached hydrogen (secondary N) is 1. The van der Waals surface area contributed by atoms with Crippen LogP contribution in [0.3, 0.4) is 0 Å². The van der Waals surface area contributed by atoms with Crippen LogP contribution in [0.4, 0.5) is 0 Å². The molecule has 0 aromatic rings. The van der Waals surface area contributed by atoms with Gasteiger partial charge in [-0.2, -0.15) is 5.11 Å². The first-order chi connectivity index (χ1) is 9.56. The van der Waals surface area contributed by atoms with Crippen molar-refractivity contribution in [3.8, 4) is 0 Å². The molecule has 0 saturated heterocycles. The third-order valence-electron chi connectivity index (χ3n) is 3.88. The number of ether oxygens (including phenoxy) is 1. The molecule has 1 fully saturated rings. The molecular weight excluding hydrogens is 258 g/mol. The van der Waals surface area contributed by atoms with Gasteiger partial charge in [-0.3, -0.25) is 4.79 Å². The number of hydrogen-bond donors (Lipinski definition) is 2. The Labute approximate surface area is 118 Å². The molecule has 1 aliphatic carbocycles. The SMILES string of the molecule is C=C1NC(=O)C(C)=CN1[C@H]1CC(N=NN)[C@@H](COC)C1. The van der Waals surface area contributed by atoms with E-state index >= 15 is 0 Å². The van der Waals surface area contributed by atoms with Crippen LogP contribution in [-0.4, -0.2) is 36.6 Å². The average Bonchev–Trinajstić information content (AvgIpc) is 2.78. The van der Waals surface area contributed by atoms with E-state index in [0.29, 0.717) is 18.0 Å². The number of carbonyl (C=O) groups is 1. The van der Waals surface area contributed by atoms with Crippen LogP contribution in [-0.2, 0) is 9.53 Å². The fourth-order valence-corrected chi connectivity index (χ4v) is 2.89. The zero-order chi connectivity index (χ0) is 14.7. The van der Waals surface area contributed by atoms with Crippen molar-refractivity contribution in [3.05, 3.63) is 24.2 Å². The predicted octanol–water partition coefficient (Wildman–Crippen LogP) is 0.913. The highest BCUT2D eigenvalue weighted by atomic mass is 16.5. The summed E-state index contributed by atoms with van der Waals surface area (Å²) in [6.45, 7) is 6.31. The van der Waals surface area contributed by atoms with E-state index < -0.39 is 0 Å². The number of rotatable bonds is 4. The molecule has 3 atom stereocenters. The third kappa shape index (κ3) is 2.82. The highest BCUT2D eigenvalue weighted by Gasteiger charge is 2.38. The summed E-state index contributed by atoms with van der Waals surface area (Å²) in [5, 5.41) is 10.3. The topological polar surface area (TPSA) is 92.3 Å². The van der Waals surface area contributed by atoms with Crippen molar-refractivity contribution < 1.29 is 9.53 Å². The van der Waals surface area contributed by atoms with E-state index in [1.165, 1.54) is 0 Å². The van der Waals surface area contributed by atoms with Crippen LogP contribution in [0.5, 0.6) is 0 Å². The Morgan fingerprint density at radius 3 is 3.00 bits per heavy atom. The van der Waals surface area contributed by atoms with Crippen LogP contribution < -0.4 is 11.2 Å². The highest BCUT2D eigenvalue weighted by Crippen LogP contribution is 2.34. The van der Waals surface area contributed by atoms with E-state index in [-0.39, 0.29) is 23.9 Å². The second-order valence-electron chi connectivity index (χ2n) is 5.26. The Bertz CT molecular complexity index is 460. The molecule has 7 heteroatoms. The van der Waals surface area contributed by atoms with Gasteiger partial charge in [-0.1, -0.05) is 11.8 Å². The summed E-state index contributed by atoms with van der Waals surface area (Å²) >= 11 is 0. The van der Waals surface area contributed by atoms with E-state index in [0.717, 1.165) is 12.8 Å². The van der Waals surface area contributed by atoms with Crippen LogP contribution in [0.1, 0.15) is 19.8 Å². The number of hydrogen-bond acceptors (Lipinski definition) is 5. The average molecular weight is 279 g/mol. The first kappa shape index (κ1) is 14.5. The number of carbonyl (C=O) groups excluding carboxylic acids is 1. The fourth-order valence-electron chi connectivity index (χ4n) is 2.89. The first-order valence-electron chi connectivity index (χ1n) is 6.62. The molecule has 110 valence electrons. The van der Waals surface area contributed by atoms with Crippen molar-refractivity contribution in [2.75, 3.05) is 13.7 Å². The molecule has 7 nitrogen and oxygen atoms in total. The molecule has 1 amide bonds. The Morgan fingerprint density at radius 2 is 2.35 bits per heavy atom. The number of methoxy groups -OCH3 is 1. The molecule has 0 bridgehead atoms. The van der Waals surface area contributed by atoms with Gasteiger partial charge in [0.1, 0.15) is 5.82 Å². The third-order valence-corrected chi connectivity index (χ3v) is 3.88. The number of amides is 1. The molecule has 20 heavy (non-hydrogen) atoms. The molecule has 2 rings (SSSR count). The van der Waals surface area contributed by atoms with Gasteiger partial charge in [0.25, 0.3) is 5.91 Å². The van der Waals surface area contributed by atoms with Crippen molar-refractivity contribution >= 4 is 5.91 Å². The van der Waals surface area contributed by atoms with E-state index in [2.05, 4.69) is 22.2 Å². The van der Waals surface area contributed by atoms with Crippen LogP contribution in [0, 0.1) is 5.92 Å². The predicted molar refractivity (Wildman–Crippen MR) is 74.1 cm³/mol. The minimum absolute atomic E-state index is 0.0454. The van der Waals surface area contributed by atoms with E-state index in [1.54, 1.807) is 14.0 Å². The zero-order valence-corrected chi connectivity index (χ0v) is 11.9. The Balaban J connectivity index is 2.14. The second-order valence-corrected chi connectivity index (χ2v) is 5.26. The summed E-state index contributed by atoms with van der Waals surface area (Å²) in [5.41, 5.74) is 0.671. The van der Waals surface area contributed by atoms with E-state index in [4.69, 9.17) is 10.6 Å². The molecule has 2 aliphatic rings. The lowest BCUT2D eigenvalue weighted by Gasteiger charge is -2.33. The lowest BCUT2D eigenvalue weighted by atomic mass is 10.1. The Morgan fingerprint density at radius 1 is 1.60 bits per heavy atom. The van der Waals surface area contributed by atoms with Crippen molar-refractivity contribution in [2.45, 2.75) is 31.8 Å². The highest BCUT2D eigenvalue weighted by molar-refractivity contribution is 5.94.